The Kier molecular flexibility index (Phi) is 4.53. The maximum absolute atomic E-state index is 13.0. The second-order valence-electron chi connectivity index (χ2n) is 5.87. The van der Waals surface area contributed by atoms with Gasteiger partial charge in [0.25, 0.3) is 0 Å². The second kappa shape index (κ2) is 6.00. The fraction of sp³-hybridized carbons (Fsp3) is 0.688. The van der Waals surface area contributed by atoms with Crippen LogP contribution in [0, 0.1) is 12.3 Å². The van der Waals surface area contributed by atoms with Gasteiger partial charge in [0, 0.05) is 12.6 Å². The fourth-order valence-electron chi connectivity index (χ4n) is 2.72. The van der Waals surface area contributed by atoms with E-state index in [1.165, 1.54) is 0 Å². The number of nitrogens with zero attached hydrogens (tertiary/aromatic N) is 1. The lowest BCUT2D eigenvalue weighted by atomic mass is 9.81. The van der Waals surface area contributed by atoms with Crippen LogP contribution in [0.25, 0.3) is 0 Å². The molecule has 1 aliphatic rings. The minimum absolute atomic E-state index is 0.196. The average molecular weight is 278 g/mol. The molecule has 20 heavy (non-hydrogen) atoms. The summed E-state index contributed by atoms with van der Waals surface area (Å²) in [6, 6.07) is 4.28. The summed E-state index contributed by atoms with van der Waals surface area (Å²) in [4.78, 5) is 14.9. The molecular weight excluding hydrogens is 252 g/mol. The predicted octanol–water partition coefficient (Wildman–Crippen LogP) is 2.84. The van der Waals surface area contributed by atoms with Gasteiger partial charge in [-0.05, 0) is 44.7 Å². The Bertz CT molecular complexity index is 451. The number of amides is 1. The first-order valence-corrected chi connectivity index (χ1v) is 7.62. The van der Waals surface area contributed by atoms with Gasteiger partial charge < -0.3 is 15.1 Å². The molecule has 1 aliphatic carbocycles. The molecule has 0 bridgehead atoms. The predicted molar refractivity (Wildman–Crippen MR) is 79.1 cm³/mol. The van der Waals surface area contributed by atoms with Gasteiger partial charge in [-0.3, -0.25) is 4.79 Å². The molecule has 0 atom stereocenters. The van der Waals surface area contributed by atoms with Crippen LogP contribution in [0.1, 0.15) is 51.1 Å². The van der Waals surface area contributed by atoms with E-state index in [4.69, 9.17) is 10.2 Å². The van der Waals surface area contributed by atoms with E-state index < -0.39 is 5.41 Å². The van der Waals surface area contributed by atoms with Crippen LogP contribution in [-0.2, 0) is 11.3 Å². The van der Waals surface area contributed by atoms with Crippen molar-refractivity contribution in [2.24, 2.45) is 11.1 Å². The molecule has 1 heterocycles. The lowest BCUT2D eigenvalue weighted by Gasteiger charge is -2.35. The molecule has 0 aromatic carbocycles. The van der Waals surface area contributed by atoms with E-state index in [2.05, 4.69) is 13.8 Å². The number of rotatable bonds is 7. The SMILES string of the molecule is CCC(CC)(CN)C(=O)N(Cc1ccc(C)o1)C1CC1. The molecule has 4 heteroatoms. The lowest BCUT2D eigenvalue weighted by molar-refractivity contribution is -0.143. The third-order valence-corrected chi connectivity index (χ3v) is 4.57. The maximum Gasteiger partial charge on any atom is 0.230 e. The standard InChI is InChI=1S/C16H26N2O2/c1-4-16(5-2,11-17)15(19)18(13-7-8-13)10-14-9-6-12(3)20-14/h6,9,13H,4-5,7-8,10-11,17H2,1-3H3. The number of hydrogen-bond donors (Lipinski definition) is 1. The van der Waals surface area contributed by atoms with Gasteiger partial charge in [-0.25, -0.2) is 0 Å². The van der Waals surface area contributed by atoms with Crippen LogP contribution in [-0.4, -0.2) is 23.4 Å². The van der Waals surface area contributed by atoms with Crippen LogP contribution in [0.15, 0.2) is 16.5 Å². The zero-order valence-corrected chi connectivity index (χ0v) is 12.8. The maximum atomic E-state index is 13.0. The Hall–Kier alpha value is -1.29. The largest absolute Gasteiger partial charge is 0.464 e. The van der Waals surface area contributed by atoms with Crippen molar-refractivity contribution in [2.75, 3.05) is 6.54 Å². The van der Waals surface area contributed by atoms with Crippen molar-refractivity contribution in [1.82, 2.24) is 4.90 Å². The van der Waals surface area contributed by atoms with Crippen LogP contribution in [0.4, 0.5) is 0 Å². The quantitative estimate of drug-likeness (QED) is 0.834. The highest BCUT2D eigenvalue weighted by atomic mass is 16.3. The zero-order valence-electron chi connectivity index (χ0n) is 12.8. The first-order valence-electron chi connectivity index (χ1n) is 7.62. The molecule has 2 N–H and O–H groups in total. The summed E-state index contributed by atoms with van der Waals surface area (Å²) in [5, 5.41) is 0. The van der Waals surface area contributed by atoms with Gasteiger partial charge in [0.05, 0.1) is 12.0 Å². The van der Waals surface area contributed by atoms with Crippen molar-refractivity contribution in [2.45, 2.75) is 59.0 Å². The van der Waals surface area contributed by atoms with Crippen molar-refractivity contribution in [1.29, 1.82) is 0 Å². The summed E-state index contributed by atoms with van der Waals surface area (Å²) in [5.74, 6) is 1.95. The molecular formula is C16H26N2O2. The van der Waals surface area contributed by atoms with Gasteiger partial charge in [0.2, 0.25) is 5.91 Å². The van der Waals surface area contributed by atoms with Gasteiger partial charge in [-0.15, -0.1) is 0 Å². The van der Waals surface area contributed by atoms with E-state index in [0.717, 1.165) is 37.2 Å². The number of hydrogen-bond acceptors (Lipinski definition) is 3. The van der Waals surface area contributed by atoms with E-state index in [0.29, 0.717) is 19.1 Å². The Morgan fingerprint density at radius 3 is 2.45 bits per heavy atom. The highest BCUT2D eigenvalue weighted by molar-refractivity contribution is 5.83. The summed E-state index contributed by atoms with van der Waals surface area (Å²) in [6.07, 6.45) is 3.78. The lowest BCUT2D eigenvalue weighted by Crippen LogP contribution is -2.48. The van der Waals surface area contributed by atoms with Crippen LogP contribution < -0.4 is 5.73 Å². The molecule has 1 amide bonds. The molecule has 1 aromatic heterocycles. The number of aryl methyl sites for hydroxylation is 1. The summed E-state index contributed by atoms with van der Waals surface area (Å²) >= 11 is 0. The number of carbonyl (C=O) groups excluding carboxylic acids is 1. The van der Waals surface area contributed by atoms with Gasteiger partial charge in [-0.1, -0.05) is 13.8 Å². The van der Waals surface area contributed by atoms with E-state index in [-0.39, 0.29) is 5.91 Å². The molecule has 0 radical (unpaired) electrons. The number of nitrogens with two attached hydrogens (primary N) is 1. The molecule has 0 aliphatic heterocycles. The van der Waals surface area contributed by atoms with Gasteiger partial charge in [0.15, 0.2) is 0 Å². The van der Waals surface area contributed by atoms with Crippen molar-refractivity contribution >= 4 is 5.91 Å². The molecule has 2 rings (SSSR count). The average Bonchev–Trinajstić information content (AvgIpc) is 3.21. The molecule has 1 aromatic rings. The minimum atomic E-state index is -0.412. The van der Waals surface area contributed by atoms with Gasteiger partial charge in [-0.2, -0.15) is 0 Å². The van der Waals surface area contributed by atoms with Gasteiger partial charge in [0.1, 0.15) is 11.5 Å². The van der Waals surface area contributed by atoms with E-state index in [9.17, 15) is 4.79 Å². The van der Waals surface area contributed by atoms with E-state index in [1.807, 2.05) is 24.0 Å². The zero-order chi connectivity index (χ0) is 14.8. The Morgan fingerprint density at radius 1 is 1.40 bits per heavy atom. The molecule has 0 saturated heterocycles. The summed E-state index contributed by atoms with van der Waals surface area (Å²) in [6.45, 7) is 7.01. The van der Waals surface area contributed by atoms with Crippen molar-refractivity contribution < 1.29 is 9.21 Å². The number of carbonyl (C=O) groups is 1. The third kappa shape index (κ3) is 2.90. The van der Waals surface area contributed by atoms with Crippen molar-refractivity contribution in [3.05, 3.63) is 23.7 Å². The molecule has 0 unspecified atom stereocenters. The molecule has 112 valence electrons. The summed E-state index contributed by atoms with van der Waals surface area (Å²) < 4.78 is 5.63. The number of furan rings is 1. The topological polar surface area (TPSA) is 59.5 Å². The third-order valence-electron chi connectivity index (χ3n) is 4.57. The smallest absolute Gasteiger partial charge is 0.230 e. The second-order valence-corrected chi connectivity index (χ2v) is 5.87. The Balaban J connectivity index is 2.17. The molecule has 1 saturated carbocycles. The molecule has 0 spiro atoms. The van der Waals surface area contributed by atoms with Crippen molar-refractivity contribution in [3.63, 3.8) is 0 Å². The van der Waals surface area contributed by atoms with Crippen LogP contribution in [0.5, 0.6) is 0 Å². The minimum Gasteiger partial charge on any atom is -0.464 e. The molecule has 1 fully saturated rings. The summed E-state index contributed by atoms with van der Waals surface area (Å²) in [5.41, 5.74) is 5.50. The highest BCUT2D eigenvalue weighted by Crippen LogP contribution is 2.35. The monoisotopic (exact) mass is 278 g/mol. The summed E-state index contributed by atoms with van der Waals surface area (Å²) in [7, 11) is 0. The Labute approximate surface area is 121 Å². The first-order chi connectivity index (χ1) is 9.56. The fourth-order valence-corrected chi connectivity index (χ4v) is 2.72. The normalized spacial score (nSPS) is 15.4. The van der Waals surface area contributed by atoms with Crippen molar-refractivity contribution in [3.8, 4) is 0 Å². The highest BCUT2D eigenvalue weighted by Gasteiger charge is 2.42. The van der Waals surface area contributed by atoms with Gasteiger partial charge >= 0.3 is 0 Å². The van der Waals surface area contributed by atoms with Crippen LogP contribution in [0.2, 0.25) is 0 Å². The molecule has 4 nitrogen and oxygen atoms in total. The van der Waals surface area contributed by atoms with Crippen LogP contribution >= 0.6 is 0 Å². The van der Waals surface area contributed by atoms with Crippen LogP contribution in [0.3, 0.4) is 0 Å². The first kappa shape index (κ1) is 15.1. The van der Waals surface area contributed by atoms with E-state index >= 15 is 0 Å². The van der Waals surface area contributed by atoms with E-state index in [1.54, 1.807) is 0 Å². The Morgan fingerprint density at radius 2 is 2.05 bits per heavy atom.